The Hall–Kier alpha value is -3.10. The fourth-order valence-electron chi connectivity index (χ4n) is 4.26. The molecular formula is C24H24N4O3S. The second-order valence-electron chi connectivity index (χ2n) is 8.18. The number of hydrogen-bond acceptors (Lipinski definition) is 6. The first-order valence-electron chi connectivity index (χ1n) is 10.7. The summed E-state index contributed by atoms with van der Waals surface area (Å²) < 4.78 is 32.1. The van der Waals surface area contributed by atoms with E-state index in [9.17, 15) is 8.42 Å². The molecular weight excluding hydrogens is 424 g/mol. The van der Waals surface area contributed by atoms with Crippen molar-refractivity contribution in [3.05, 3.63) is 72.2 Å². The third-order valence-electron chi connectivity index (χ3n) is 5.98. The minimum atomic E-state index is -3.75. The average Bonchev–Trinajstić information content (AvgIpc) is 3.22. The smallest absolute Gasteiger partial charge is 0.269 e. The van der Waals surface area contributed by atoms with E-state index in [0.29, 0.717) is 0 Å². The second-order valence-corrected chi connectivity index (χ2v) is 9.76. The van der Waals surface area contributed by atoms with Gasteiger partial charge in [-0.05, 0) is 56.4 Å². The highest BCUT2D eigenvalue weighted by Gasteiger charge is 2.36. The topological polar surface area (TPSA) is 87.0 Å². The minimum absolute atomic E-state index is 0.122. The molecule has 0 bridgehead atoms. The number of aromatic nitrogens is 4. The molecule has 1 saturated carbocycles. The molecule has 4 aromatic rings. The molecule has 8 heteroatoms. The van der Waals surface area contributed by atoms with Crippen LogP contribution in [0.15, 0.2) is 66.0 Å². The molecule has 164 valence electrons. The lowest BCUT2D eigenvalue weighted by molar-refractivity contribution is 0.242. The highest BCUT2D eigenvalue weighted by Crippen LogP contribution is 2.46. The zero-order valence-electron chi connectivity index (χ0n) is 18.0. The van der Waals surface area contributed by atoms with Crippen LogP contribution in [0.2, 0.25) is 0 Å². The van der Waals surface area contributed by atoms with Crippen LogP contribution >= 0.6 is 0 Å². The van der Waals surface area contributed by atoms with Gasteiger partial charge in [-0.2, -0.15) is 13.5 Å². The molecule has 0 N–H and O–H groups in total. The Bertz CT molecular complexity index is 1390. The lowest BCUT2D eigenvalue weighted by Crippen LogP contribution is -2.27. The van der Waals surface area contributed by atoms with Crippen molar-refractivity contribution in [3.63, 3.8) is 0 Å². The van der Waals surface area contributed by atoms with Gasteiger partial charge in [0, 0.05) is 11.8 Å². The highest BCUT2D eigenvalue weighted by atomic mass is 32.2. The van der Waals surface area contributed by atoms with Crippen molar-refractivity contribution < 1.29 is 12.6 Å². The first-order valence-corrected chi connectivity index (χ1v) is 12.1. The van der Waals surface area contributed by atoms with E-state index in [4.69, 9.17) is 9.17 Å². The molecule has 0 radical (unpaired) electrons. The molecule has 5 rings (SSSR count). The Labute approximate surface area is 187 Å². The predicted molar refractivity (Wildman–Crippen MR) is 122 cm³/mol. The Kier molecular flexibility index (Phi) is 5.27. The summed E-state index contributed by atoms with van der Waals surface area (Å²) in [5.74, 6) is 0.151. The second kappa shape index (κ2) is 8.11. The number of para-hydroxylation sites is 2. The first kappa shape index (κ1) is 20.8. The molecule has 1 fully saturated rings. The largest absolute Gasteiger partial charge is 0.297 e. The van der Waals surface area contributed by atoms with E-state index in [-0.39, 0.29) is 23.5 Å². The van der Waals surface area contributed by atoms with Gasteiger partial charge in [-0.3, -0.25) is 13.8 Å². The number of nitrogens with zero attached hydrogens (tertiary/aromatic N) is 4. The van der Waals surface area contributed by atoms with Crippen molar-refractivity contribution in [2.45, 2.75) is 43.5 Å². The van der Waals surface area contributed by atoms with Gasteiger partial charge in [-0.1, -0.05) is 29.8 Å². The average molecular weight is 449 g/mol. The van der Waals surface area contributed by atoms with Crippen molar-refractivity contribution in [2.75, 3.05) is 6.61 Å². The molecule has 2 aromatic carbocycles. The van der Waals surface area contributed by atoms with Crippen LogP contribution in [0.1, 0.15) is 42.9 Å². The predicted octanol–water partition coefficient (Wildman–Crippen LogP) is 4.65. The third kappa shape index (κ3) is 3.80. The number of rotatable bonds is 6. The van der Waals surface area contributed by atoms with Crippen LogP contribution in [0.4, 0.5) is 0 Å². The number of aryl methyl sites for hydroxylation is 1. The zero-order valence-corrected chi connectivity index (χ0v) is 18.8. The van der Waals surface area contributed by atoms with Crippen molar-refractivity contribution >= 4 is 21.2 Å². The van der Waals surface area contributed by atoms with Gasteiger partial charge >= 0.3 is 0 Å². The van der Waals surface area contributed by atoms with Gasteiger partial charge in [-0.25, -0.2) is 4.98 Å². The van der Waals surface area contributed by atoms with E-state index in [1.165, 1.54) is 0 Å². The molecule has 7 nitrogen and oxygen atoms in total. The van der Waals surface area contributed by atoms with Gasteiger partial charge in [0.2, 0.25) is 0 Å². The van der Waals surface area contributed by atoms with Gasteiger partial charge in [0.1, 0.15) is 0 Å². The lowest BCUT2D eigenvalue weighted by Gasteiger charge is -2.36. The van der Waals surface area contributed by atoms with Gasteiger partial charge in [0.05, 0.1) is 46.7 Å². The molecule has 1 aliphatic rings. The normalized spacial score (nSPS) is 18.6. The van der Waals surface area contributed by atoms with E-state index in [1.807, 2.05) is 60.4 Å². The molecule has 0 unspecified atom stereocenters. The Morgan fingerprint density at radius 2 is 1.88 bits per heavy atom. The molecule has 2 heterocycles. The molecule has 0 saturated heterocycles. The van der Waals surface area contributed by atoms with Crippen molar-refractivity contribution in [3.8, 4) is 11.3 Å². The van der Waals surface area contributed by atoms with Crippen LogP contribution in [0, 0.1) is 6.92 Å². The SMILES string of the molecule is CCOS(=O)(=O)c1ccc(C)cc1C1CC(n2cc(-c3cnc4ccccc4n3)cn2)C1. The summed E-state index contributed by atoms with van der Waals surface area (Å²) in [6, 6.07) is 13.4. The van der Waals surface area contributed by atoms with Crippen molar-refractivity contribution in [1.29, 1.82) is 0 Å². The van der Waals surface area contributed by atoms with Crippen molar-refractivity contribution in [1.82, 2.24) is 19.7 Å². The standard InChI is InChI=1S/C24H24N4O3S/c1-3-31-32(29,30)24-9-8-16(2)10-20(24)17-11-19(12-17)28-15-18(13-26-28)23-14-25-21-6-4-5-7-22(21)27-23/h4-10,13-15,17,19H,3,11-12H2,1-2H3. The monoisotopic (exact) mass is 448 g/mol. The fraction of sp³-hybridized carbons (Fsp3) is 0.292. The van der Waals surface area contributed by atoms with Gasteiger partial charge in [0.25, 0.3) is 10.1 Å². The Balaban J connectivity index is 1.36. The lowest BCUT2D eigenvalue weighted by atomic mass is 9.75. The molecule has 1 aliphatic carbocycles. The van der Waals surface area contributed by atoms with Crippen molar-refractivity contribution in [2.24, 2.45) is 0 Å². The van der Waals surface area contributed by atoms with Crippen LogP contribution in [-0.2, 0) is 14.3 Å². The number of benzene rings is 2. The summed E-state index contributed by atoms with van der Waals surface area (Å²) in [6.07, 6.45) is 7.22. The third-order valence-corrected chi connectivity index (χ3v) is 7.44. The fourth-order valence-corrected chi connectivity index (χ4v) is 5.44. The molecule has 32 heavy (non-hydrogen) atoms. The van der Waals surface area contributed by atoms with Crippen LogP contribution in [0.25, 0.3) is 22.3 Å². The molecule has 0 atom stereocenters. The molecule has 0 spiro atoms. The quantitative estimate of drug-likeness (QED) is 0.399. The Morgan fingerprint density at radius 1 is 1.09 bits per heavy atom. The summed E-state index contributed by atoms with van der Waals surface area (Å²) in [5.41, 5.74) is 5.29. The minimum Gasteiger partial charge on any atom is -0.269 e. The highest BCUT2D eigenvalue weighted by molar-refractivity contribution is 7.86. The summed E-state index contributed by atoms with van der Waals surface area (Å²) in [4.78, 5) is 9.46. The van der Waals surface area contributed by atoms with Crippen LogP contribution < -0.4 is 0 Å². The van der Waals surface area contributed by atoms with E-state index >= 15 is 0 Å². The summed E-state index contributed by atoms with van der Waals surface area (Å²) >= 11 is 0. The summed E-state index contributed by atoms with van der Waals surface area (Å²) in [5, 5.41) is 4.55. The van der Waals surface area contributed by atoms with E-state index in [2.05, 4.69) is 10.1 Å². The van der Waals surface area contributed by atoms with E-state index < -0.39 is 10.1 Å². The maximum Gasteiger partial charge on any atom is 0.297 e. The van der Waals surface area contributed by atoms with E-state index in [1.54, 1.807) is 19.2 Å². The van der Waals surface area contributed by atoms with Crippen LogP contribution in [-0.4, -0.2) is 34.8 Å². The first-order chi connectivity index (χ1) is 15.4. The van der Waals surface area contributed by atoms with Crippen LogP contribution in [0.3, 0.4) is 0 Å². The van der Waals surface area contributed by atoms with Gasteiger partial charge < -0.3 is 0 Å². The maximum atomic E-state index is 12.6. The summed E-state index contributed by atoms with van der Waals surface area (Å²) in [6.45, 7) is 3.78. The molecule has 2 aromatic heterocycles. The summed E-state index contributed by atoms with van der Waals surface area (Å²) in [7, 11) is -3.75. The number of hydrogen-bond donors (Lipinski definition) is 0. The molecule has 0 aliphatic heterocycles. The number of fused-ring (bicyclic) bond motifs is 1. The van der Waals surface area contributed by atoms with E-state index in [0.717, 1.165) is 46.3 Å². The zero-order chi connectivity index (χ0) is 22.3. The van der Waals surface area contributed by atoms with Crippen LogP contribution in [0.5, 0.6) is 0 Å². The van der Waals surface area contributed by atoms with Gasteiger partial charge in [-0.15, -0.1) is 0 Å². The maximum absolute atomic E-state index is 12.6. The van der Waals surface area contributed by atoms with Gasteiger partial charge in [0.15, 0.2) is 0 Å². The Morgan fingerprint density at radius 3 is 2.66 bits per heavy atom. The molecule has 0 amide bonds.